The summed E-state index contributed by atoms with van der Waals surface area (Å²) in [5.41, 5.74) is 5.68. The number of anilines is 2. The summed E-state index contributed by atoms with van der Waals surface area (Å²) >= 11 is 0. The summed E-state index contributed by atoms with van der Waals surface area (Å²) in [6, 6.07) is 25.7. The molecular weight excluding hydrogens is 626 g/mol. The van der Waals surface area contributed by atoms with Crippen LogP contribution in [0.15, 0.2) is 66.7 Å². The second-order valence-corrected chi connectivity index (χ2v) is 14.4. The fraction of sp³-hybridized carbons (Fsp3) is 0.450. The number of aromatic nitrogens is 2. The topological polar surface area (TPSA) is 98.1 Å². The van der Waals surface area contributed by atoms with E-state index in [9.17, 15) is 10.1 Å². The molecule has 10 nitrogen and oxygen atoms in total. The number of nitrogens with zero attached hydrogens (tertiary/aromatic N) is 7. The van der Waals surface area contributed by atoms with Gasteiger partial charge in [-0.15, -0.1) is 0 Å². The number of nitriles is 1. The van der Waals surface area contributed by atoms with Crippen molar-refractivity contribution in [2.45, 2.75) is 63.8 Å². The molecule has 1 aromatic heterocycles. The third-order valence-electron chi connectivity index (χ3n) is 11.2. The summed E-state index contributed by atoms with van der Waals surface area (Å²) in [6.07, 6.45) is 4.01. The highest BCUT2D eigenvalue weighted by atomic mass is 16.6. The Hall–Kier alpha value is -4.88. The average molecular weight is 672 g/mol. The van der Waals surface area contributed by atoms with Crippen molar-refractivity contribution in [2.24, 2.45) is 5.92 Å². The highest BCUT2D eigenvalue weighted by Crippen LogP contribution is 2.49. The lowest BCUT2D eigenvalue weighted by Gasteiger charge is -2.41. The van der Waals surface area contributed by atoms with Gasteiger partial charge in [0.25, 0.3) is 0 Å². The van der Waals surface area contributed by atoms with Gasteiger partial charge in [0.15, 0.2) is 0 Å². The predicted molar refractivity (Wildman–Crippen MR) is 193 cm³/mol. The molecule has 3 fully saturated rings. The van der Waals surface area contributed by atoms with Crippen LogP contribution in [-0.2, 0) is 17.8 Å². The van der Waals surface area contributed by atoms with Gasteiger partial charge in [-0.3, -0.25) is 0 Å². The Balaban J connectivity index is 1.11. The van der Waals surface area contributed by atoms with E-state index in [4.69, 9.17) is 19.4 Å². The van der Waals surface area contributed by atoms with E-state index >= 15 is 0 Å². The minimum atomic E-state index is -0.387. The van der Waals surface area contributed by atoms with E-state index in [0.29, 0.717) is 44.2 Å². The van der Waals surface area contributed by atoms with Crippen molar-refractivity contribution >= 4 is 28.4 Å². The van der Waals surface area contributed by atoms with E-state index in [0.717, 1.165) is 49.4 Å². The molecule has 3 aromatic carbocycles. The molecule has 4 aliphatic rings. The Labute approximate surface area is 294 Å². The lowest BCUT2D eigenvalue weighted by molar-refractivity contribution is 0.0767. The van der Waals surface area contributed by atoms with E-state index in [1.807, 2.05) is 30.3 Å². The van der Waals surface area contributed by atoms with Gasteiger partial charge >= 0.3 is 12.1 Å². The number of likely N-dealkylation sites (N-methyl/N-ethyl adjacent to an activating group) is 1. The number of ether oxygens (including phenoxy) is 2. The SMILES string of the molecule is Cc1cccc2cccc(N3C[C@H]4Cc5c(nc(OC[C@@H]6CCCN6C)nc5N5CCN(C(=O)OCc6ccccc6)[C@@H](CC#N)C5)[C@@H]3C4)c12. The van der Waals surface area contributed by atoms with E-state index in [1.165, 1.54) is 34.0 Å². The summed E-state index contributed by atoms with van der Waals surface area (Å²) in [5.74, 6) is 1.35. The second-order valence-electron chi connectivity index (χ2n) is 14.4. The summed E-state index contributed by atoms with van der Waals surface area (Å²) < 4.78 is 12.2. The van der Waals surface area contributed by atoms with Crippen molar-refractivity contribution in [2.75, 3.05) is 56.2 Å². The number of hydrogen-bond donors (Lipinski definition) is 0. The van der Waals surface area contributed by atoms with Crippen LogP contribution in [0, 0.1) is 24.2 Å². The van der Waals surface area contributed by atoms with Crippen molar-refractivity contribution in [3.63, 3.8) is 0 Å². The van der Waals surface area contributed by atoms with Gasteiger partial charge in [0.05, 0.1) is 30.3 Å². The third-order valence-corrected chi connectivity index (χ3v) is 11.2. The molecule has 4 aromatic rings. The molecule has 10 heteroatoms. The van der Waals surface area contributed by atoms with Gasteiger partial charge < -0.3 is 29.1 Å². The molecule has 0 spiro atoms. The van der Waals surface area contributed by atoms with E-state index < -0.39 is 0 Å². The van der Waals surface area contributed by atoms with Crippen LogP contribution in [0.4, 0.5) is 16.3 Å². The molecule has 4 heterocycles. The minimum Gasteiger partial charge on any atom is -0.462 e. The van der Waals surface area contributed by atoms with Crippen molar-refractivity contribution in [1.29, 1.82) is 5.26 Å². The van der Waals surface area contributed by atoms with Crippen LogP contribution in [0.3, 0.4) is 0 Å². The van der Waals surface area contributed by atoms with Crippen molar-refractivity contribution < 1.29 is 14.3 Å². The van der Waals surface area contributed by atoms with Crippen LogP contribution >= 0.6 is 0 Å². The Bertz CT molecular complexity index is 1910. The molecule has 0 N–H and O–H groups in total. The monoisotopic (exact) mass is 671 g/mol. The maximum atomic E-state index is 13.3. The molecule has 0 radical (unpaired) electrons. The number of rotatable bonds is 8. The maximum Gasteiger partial charge on any atom is 0.410 e. The molecule has 50 heavy (non-hydrogen) atoms. The molecule has 3 aliphatic heterocycles. The smallest absolute Gasteiger partial charge is 0.410 e. The zero-order valence-electron chi connectivity index (χ0n) is 29.0. The number of hydrogen-bond acceptors (Lipinski definition) is 9. The first-order chi connectivity index (χ1) is 24.5. The second kappa shape index (κ2) is 13.8. The summed E-state index contributed by atoms with van der Waals surface area (Å²) in [6.45, 7) is 6.49. The first-order valence-electron chi connectivity index (χ1n) is 18.0. The number of benzene rings is 3. The van der Waals surface area contributed by atoms with Crippen LogP contribution in [0.5, 0.6) is 6.01 Å². The molecule has 8 rings (SSSR count). The van der Waals surface area contributed by atoms with Crippen LogP contribution < -0.4 is 14.5 Å². The van der Waals surface area contributed by atoms with Gasteiger partial charge in [-0.25, -0.2) is 4.79 Å². The Kier molecular flexibility index (Phi) is 8.92. The molecule has 2 bridgehead atoms. The lowest BCUT2D eigenvalue weighted by atomic mass is 9.87. The first-order valence-corrected chi connectivity index (χ1v) is 18.0. The van der Waals surface area contributed by atoms with Crippen LogP contribution in [0.25, 0.3) is 10.8 Å². The van der Waals surface area contributed by atoms with Crippen LogP contribution in [0.2, 0.25) is 0 Å². The predicted octanol–water partition coefficient (Wildman–Crippen LogP) is 6.28. The van der Waals surface area contributed by atoms with E-state index in [-0.39, 0.29) is 31.2 Å². The van der Waals surface area contributed by atoms with E-state index in [1.54, 1.807) is 4.90 Å². The molecule has 1 aliphatic carbocycles. The summed E-state index contributed by atoms with van der Waals surface area (Å²) in [7, 11) is 2.16. The number of fused-ring (bicyclic) bond motifs is 5. The molecule has 258 valence electrons. The van der Waals surface area contributed by atoms with E-state index in [2.05, 4.69) is 71.1 Å². The van der Waals surface area contributed by atoms with Gasteiger partial charge in [0.2, 0.25) is 0 Å². The number of piperazine rings is 1. The summed E-state index contributed by atoms with van der Waals surface area (Å²) in [5, 5.41) is 12.4. The number of aryl methyl sites for hydroxylation is 1. The molecular formula is C40H45N7O3. The summed E-state index contributed by atoms with van der Waals surface area (Å²) in [4.78, 5) is 32.6. The maximum absolute atomic E-state index is 13.3. The highest BCUT2D eigenvalue weighted by Gasteiger charge is 2.44. The third kappa shape index (κ3) is 6.20. The Morgan fingerprint density at radius 3 is 2.62 bits per heavy atom. The number of likely N-dealkylation sites (tertiary alicyclic amines) is 1. The van der Waals surface area contributed by atoms with Crippen LogP contribution in [0.1, 0.15) is 54.1 Å². The average Bonchev–Trinajstić information content (AvgIpc) is 3.72. The van der Waals surface area contributed by atoms with Gasteiger partial charge in [-0.2, -0.15) is 15.2 Å². The quantitative estimate of drug-likeness (QED) is 0.215. The number of carbonyl (C=O) groups excluding carboxylic acids is 1. The zero-order valence-corrected chi connectivity index (χ0v) is 29.0. The van der Waals surface area contributed by atoms with Gasteiger partial charge in [0.1, 0.15) is 19.0 Å². The lowest BCUT2D eigenvalue weighted by Crippen LogP contribution is -2.55. The van der Waals surface area contributed by atoms with Gasteiger partial charge in [-0.1, -0.05) is 60.7 Å². The van der Waals surface area contributed by atoms with Crippen LogP contribution in [-0.4, -0.2) is 84.3 Å². The first kappa shape index (κ1) is 32.3. The molecule has 4 atom stereocenters. The minimum absolute atomic E-state index is 0.108. The van der Waals surface area contributed by atoms with Crippen molar-refractivity contribution in [1.82, 2.24) is 19.8 Å². The Morgan fingerprint density at radius 2 is 1.82 bits per heavy atom. The van der Waals surface area contributed by atoms with Gasteiger partial charge in [-0.05, 0) is 74.7 Å². The molecule has 0 saturated carbocycles. The standard InChI is InChI=1S/C40H45N7O3/c1-27-9-6-12-30-13-7-15-34(36(27)30)47-23-29-21-33-37(35(47)22-29)42-39(49-26-32-14-8-18-44(32)2)43-38(33)45-19-20-46(31(24-45)16-17-41)40(48)50-25-28-10-4-3-5-11-28/h3-7,9-13,15,29,31-32,35H,8,14,16,18-26H2,1-2H3/t29-,31-,32-,35-/m0/s1. The van der Waals surface area contributed by atoms with Gasteiger partial charge in [0, 0.05) is 48.9 Å². The largest absolute Gasteiger partial charge is 0.462 e. The Morgan fingerprint density at radius 1 is 0.980 bits per heavy atom. The number of amides is 1. The normalized spacial score (nSPS) is 23.2. The number of carbonyl (C=O) groups is 1. The zero-order chi connectivity index (χ0) is 34.2. The molecule has 1 amide bonds. The molecule has 0 unspecified atom stereocenters. The fourth-order valence-electron chi connectivity index (χ4n) is 8.63. The van der Waals surface area contributed by atoms with Crippen molar-refractivity contribution in [3.05, 3.63) is 89.1 Å². The van der Waals surface area contributed by atoms with Crippen molar-refractivity contribution in [3.8, 4) is 12.1 Å². The fourth-order valence-corrected chi connectivity index (χ4v) is 8.63. The molecule has 3 saturated heterocycles. The highest BCUT2D eigenvalue weighted by molar-refractivity contribution is 5.97.